The summed E-state index contributed by atoms with van der Waals surface area (Å²) in [4.78, 5) is 29.8. The van der Waals surface area contributed by atoms with Crippen LogP contribution in [-0.2, 0) is 4.79 Å². The van der Waals surface area contributed by atoms with Crippen LogP contribution in [0.2, 0.25) is 0 Å². The zero-order valence-corrected chi connectivity index (χ0v) is 14.8. The highest BCUT2D eigenvalue weighted by Crippen LogP contribution is 2.43. The molecule has 1 unspecified atom stereocenters. The predicted octanol–water partition coefficient (Wildman–Crippen LogP) is 1.92. The Morgan fingerprint density at radius 3 is 2.46 bits per heavy atom. The second-order valence-corrected chi connectivity index (χ2v) is 7.85. The molecule has 132 valence electrons. The molecule has 6 heteroatoms. The van der Waals surface area contributed by atoms with Crippen molar-refractivity contribution in [2.45, 2.75) is 44.6 Å². The minimum absolute atomic E-state index is 0.118. The van der Waals surface area contributed by atoms with Crippen LogP contribution in [0.25, 0.3) is 0 Å². The topological polar surface area (TPSA) is 67.7 Å². The average Bonchev–Trinajstić information content (AvgIpc) is 3.25. The van der Waals surface area contributed by atoms with Gasteiger partial charge in [-0.25, -0.2) is 4.79 Å². The molecule has 0 aromatic heterocycles. The van der Waals surface area contributed by atoms with E-state index in [1.165, 1.54) is 0 Å². The molecule has 0 aromatic carbocycles. The van der Waals surface area contributed by atoms with Crippen molar-refractivity contribution in [1.29, 1.82) is 5.26 Å². The number of carbonyl (C=O) groups excluding carboxylic acids is 2. The first-order valence-electron chi connectivity index (χ1n) is 9.15. The fourth-order valence-electron chi connectivity index (χ4n) is 4.77. The summed E-state index contributed by atoms with van der Waals surface area (Å²) in [7, 11) is 3.61. The first-order valence-corrected chi connectivity index (χ1v) is 9.15. The molecule has 0 aromatic rings. The highest BCUT2D eigenvalue weighted by Gasteiger charge is 2.42. The summed E-state index contributed by atoms with van der Waals surface area (Å²) >= 11 is 0. The second kappa shape index (κ2) is 7.00. The molecular formula is C18H28N4O2. The van der Waals surface area contributed by atoms with Gasteiger partial charge in [0.1, 0.15) is 6.04 Å². The van der Waals surface area contributed by atoms with E-state index in [9.17, 15) is 9.59 Å². The van der Waals surface area contributed by atoms with Gasteiger partial charge in [0.25, 0.3) is 0 Å². The molecule has 2 heterocycles. The fraction of sp³-hybridized carbons (Fsp3) is 0.833. The number of hydrogen-bond donors (Lipinski definition) is 0. The van der Waals surface area contributed by atoms with Crippen LogP contribution in [0.1, 0.15) is 38.5 Å². The third-order valence-electron chi connectivity index (χ3n) is 5.99. The van der Waals surface area contributed by atoms with Gasteiger partial charge in [-0.05, 0) is 49.9 Å². The molecule has 4 atom stereocenters. The Kier molecular flexibility index (Phi) is 4.98. The van der Waals surface area contributed by atoms with Gasteiger partial charge < -0.3 is 14.7 Å². The van der Waals surface area contributed by atoms with E-state index in [2.05, 4.69) is 6.07 Å². The Bertz CT molecular complexity index is 528. The Balaban J connectivity index is 1.43. The van der Waals surface area contributed by atoms with Gasteiger partial charge >= 0.3 is 6.03 Å². The van der Waals surface area contributed by atoms with Crippen LogP contribution in [0.3, 0.4) is 0 Å². The lowest BCUT2D eigenvalue weighted by Crippen LogP contribution is -2.38. The standard InChI is InChI=1S/C18H28N4O2/c1-20(2)18(24)21-11-14-8-13(9-15(14)12-21)5-6-17(23)22-7-3-4-16(22)10-19/h13-16H,3-9,11-12H2,1-2H3/t13?,14-,15+,16-/m0/s1. The Hall–Kier alpha value is -1.77. The Morgan fingerprint density at radius 1 is 1.21 bits per heavy atom. The van der Waals surface area contributed by atoms with Crippen LogP contribution in [0, 0.1) is 29.1 Å². The SMILES string of the molecule is CN(C)C(=O)N1C[C@H]2CC(CCC(=O)N3CCC[C@H]3C#N)C[C@H]2C1. The Morgan fingerprint density at radius 2 is 1.88 bits per heavy atom. The van der Waals surface area contributed by atoms with Crippen LogP contribution < -0.4 is 0 Å². The molecule has 0 bridgehead atoms. The van der Waals surface area contributed by atoms with Crippen molar-refractivity contribution >= 4 is 11.9 Å². The first kappa shape index (κ1) is 17.1. The third kappa shape index (κ3) is 3.35. The number of likely N-dealkylation sites (tertiary alicyclic amines) is 2. The lowest BCUT2D eigenvalue weighted by atomic mass is 9.99. The van der Waals surface area contributed by atoms with E-state index in [0.29, 0.717) is 24.2 Å². The summed E-state index contributed by atoms with van der Waals surface area (Å²) in [6.07, 6.45) is 5.55. The third-order valence-corrected chi connectivity index (χ3v) is 5.99. The van der Waals surface area contributed by atoms with Crippen LogP contribution in [-0.4, -0.2) is 66.4 Å². The molecule has 0 spiro atoms. The molecule has 3 aliphatic rings. The summed E-state index contributed by atoms with van der Waals surface area (Å²) in [5.41, 5.74) is 0. The van der Waals surface area contributed by atoms with Gasteiger partial charge in [0.15, 0.2) is 0 Å². The number of urea groups is 1. The van der Waals surface area contributed by atoms with Crippen LogP contribution in [0.4, 0.5) is 4.79 Å². The minimum Gasteiger partial charge on any atom is -0.331 e. The van der Waals surface area contributed by atoms with Gasteiger partial charge in [0.2, 0.25) is 5.91 Å². The molecule has 2 aliphatic heterocycles. The van der Waals surface area contributed by atoms with Gasteiger partial charge in [-0.1, -0.05) is 0 Å². The molecule has 1 aliphatic carbocycles. The highest BCUT2D eigenvalue weighted by molar-refractivity contribution is 5.77. The number of nitriles is 1. The van der Waals surface area contributed by atoms with Gasteiger partial charge in [-0.2, -0.15) is 5.26 Å². The van der Waals surface area contributed by atoms with Crippen LogP contribution in [0.5, 0.6) is 0 Å². The van der Waals surface area contributed by atoms with Crippen molar-refractivity contribution in [3.63, 3.8) is 0 Å². The quantitative estimate of drug-likeness (QED) is 0.793. The molecule has 3 amide bonds. The summed E-state index contributed by atoms with van der Waals surface area (Å²) in [5.74, 6) is 1.96. The van der Waals surface area contributed by atoms with Crippen molar-refractivity contribution in [3.05, 3.63) is 0 Å². The maximum Gasteiger partial charge on any atom is 0.319 e. The molecule has 1 saturated carbocycles. The lowest BCUT2D eigenvalue weighted by molar-refractivity contribution is -0.131. The number of fused-ring (bicyclic) bond motifs is 1. The van der Waals surface area contributed by atoms with Gasteiger partial charge in [0.05, 0.1) is 6.07 Å². The smallest absolute Gasteiger partial charge is 0.319 e. The van der Waals surface area contributed by atoms with Gasteiger partial charge in [-0.3, -0.25) is 4.79 Å². The zero-order valence-electron chi connectivity index (χ0n) is 14.8. The maximum absolute atomic E-state index is 12.4. The van der Waals surface area contributed by atoms with Gasteiger partial charge in [-0.15, -0.1) is 0 Å². The first-order chi connectivity index (χ1) is 11.5. The zero-order chi connectivity index (χ0) is 17.3. The van der Waals surface area contributed by atoms with Crippen molar-refractivity contribution < 1.29 is 9.59 Å². The van der Waals surface area contributed by atoms with Crippen LogP contribution in [0.15, 0.2) is 0 Å². The molecule has 0 radical (unpaired) electrons. The van der Waals surface area contributed by atoms with E-state index in [0.717, 1.165) is 51.7 Å². The summed E-state index contributed by atoms with van der Waals surface area (Å²) < 4.78 is 0. The highest BCUT2D eigenvalue weighted by atomic mass is 16.2. The van der Waals surface area contributed by atoms with Gasteiger partial charge in [0, 0.05) is 40.2 Å². The largest absolute Gasteiger partial charge is 0.331 e. The number of nitrogens with zero attached hydrogens (tertiary/aromatic N) is 4. The van der Waals surface area contributed by atoms with E-state index in [-0.39, 0.29) is 18.0 Å². The number of amides is 3. The Labute approximate surface area is 144 Å². The number of rotatable bonds is 3. The predicted molar refractivity (Wildman–Crippen MR) is 89.9 cm³/mol. The van der Waals surface area contributed by atoms with E-state index in [4.69, 9.17) is 5.26 Å². The normalized spacial score (nSPS) is 31.9. The minimum atomic E-state index is -0.203. The lowest BCUT2D eigenvalue weighted by Gasteiger charge is -2.23. The van der Waals surface area contributed by atoms with Crippen LogP contribution >= 0.6 is 0 Å². The number of hydrogen-bond acceptors (Lipinski definition) is 3. The summed E-state index contributed by atoms with van der Waals surface area (Å²) in [6, 6.07) is 2.16. The van der Waals surface area contributed by atoms with Crippen molar-refractivity contribution in [2.24, 2.45) is 17.8 Å². The molecule has 0 N–H and O–H groups in total. The van der Waals surface area contributed by atoms with Crippen molar-refractivity contribution in [3.8, 4) is 6.07 Å². The molecule has 2 saturated heterocycles. The van der Waals surface area contributed by atoms with E-state index in [1.807, 2.05) is 4.90 Å². The summed E-state index contributed by atoms with van der Waals surface area (Å²) in [5, 5.41) is 9.10. The number of carbonyl (C=O) groups is 2. The van der Waals surface area contributed by atoms with E-state index >= 15 is 0 Å². The average molecular weight is 332 g/mol. The fourth-order valence-corrected chi connectivity index (χ4v) is 4.77. The van der Waals surface area contributed by atoms with E-state index < -0.39 is 0 Å². The second-order valence-electron chi connectivity index (χ2n) is 7.85. The molecule has 24 heavy (non-hydrogen) atoms. The summed E-state index contributed by atoms with van der Waals surface area (Å²) in [6.45, 7) is 2.48. The molecule has 6 nitrogen and oxygen atoms in total. The van der Waals surface area contributed by atoms with Crippen molar-refractivity contribution in [2.75, 3.05) is 33.7 Å². The molecular weight excluding hydrogens is 304 g/mol. The van der Waals surface area contributed by atoms with E-state index in [1.54, 1.807) is 23.9 Å². The van der Waals surface area contributed by atoms with Crippen molar-refractivity contribution in [1.82, 2.24) is 14.7 Å². The molecule has 3 fully saturated rings. The molecule has 3 rings (SSSR count). The monoisotopic (exact) mass is 332 g/mol. The maximum atomic E-state index is 12.4.